The van der Waals surface area contributed by atoms with E-state index in [1.807, 2.05) is 0 Å². The molecule has 68 valence electrons. The first kappa shape index (κ1) is 8.35. The smallest absolute Gasteiger partial charge is 0.273 e. The predicted octanol–water partition coefficient (Wildman–Crippen LogP) is 2.54. The molecule has 3 heteroatoms. The van der Waals surface area contributed by atoms with Gasteiger partial charge in [0.1, 0.15) is 6.29 Å². The van der Waals surface area contributed by atoms with E-state index in [-0.39, 0.29) is 12.0 Å². The lowest BCUT2D eigenvalue weighted by Crippen LogP contribution is -2.07. The number of carbonyl (C=O) groups excluding carboxylic acids is 1. The fourth-order valence-corrected chi connectivity index (χ4v) is 1.68. The molecule has 0 heterocycles. The highest BCUT2D eigenvalue weighted by Gasteiger charge is 2.38. The Morgan fingerprint density at radius 3 is 2.85 bits per heavy atom. The van der Waals surface area contributed by atoms with E-state index in [2.05, 4.69) is 0 Å². The fourth-order valence-electron chi connectivity index (χ4n) is 1.68. The van der Waals surface area contributed by atoms with Crippen molar-refractivity contribution in [2.24, 2.45) is 0 Å². The molecule has 0 spiro atoms. The van der Waals surface area contributed by atoms with Crippen molar-refractivity contribution >= 4 is 6.29 Å². The molecule has 13 heavy (non-hydrogen) atoms. The topological polar surface area (TPSA) is 17.1 Å². The summed E-state index contributed by atoms with van der Waals surface area (Å²) in [5, 5.41) is 0. The van der Waals surface area contributed by atoms with Crippen LogP contribution in [0.5, 0.6) is 0 Å². The number of halogens is 2. The Hall–Kier alpha value is -1.25. The number of aryl methyl sites for hydroxylation is 1. The molecule has 1 nitrogen and oxygen atoms in total. The van der Waals surface area contributed by atoms with Crippen LogP contribution < -0.4 is 0 Å². The van der Waals surface area contributed by atoms with Gasteiger partial charge in [0.25, 0.3) is 5.92 Å². The minimum Gasteiger partial charge on any atom is -0.298 e. The second kappa shape index (κ2) is 2.62. The van der Waals surface area contributed by atoms with Crippen molar-refractivity contribution in [3.8, 4) is 0 Å². The van der Waals surface area contributed by atoms with Crippen molar-refractivity contribution in [1.29, 1.82) is 0 Å². The fraction of sp³-hybridized carbons (Fsp3) is 0.300. The van der Waals surface area contributed by atoms with Gasteiger partial charge in [-0.25, -0.2) is 8.78 Å². The summed E-state index contributed by atoms with van der Waals surface area (Å²) in [5.74, 6) is -2.70. The molecule has 1 aromatic carbocycles. The monoisotopic (exact) mass is 182 g/mol. The SMILES string of the molecule is O=Cc1ccc2c(c1)CCC2(F)F. The Kier molecular flexibility index (Phi) is 1.68. The Morgan fingerprint density at radius 2 is 2.15 bits per heavy atom. The number of carbonyl (C=O) groups is 1. The highest BCUT2D eigenvalue weighted by Crippen LogP contribution is 2.41. The molecule has 0 saturated carbocycles. The van der Waals surface area contributed by atoms with E-state index < -0.39 is 5.92 Å². The molecule has 0 aromatic heterocycles. The van der Waals surface area contributed by atoms with Crippen LogP contribution in [-0.2, 0) is 12.3 Å². The number of hydrogen-bond donors (Lipinski definition) is 0. The highest BCUT2D eigenvalue weighted by molar-refractivity contribution is 5.75. The molecular weight excluding hydrogens is 174 g/mol. The van der Waals surface area contributed by atoms with E-state index >= 15 is 0 Å². The minimum absolute atomic E-state index is 0.0816. The molecule has 0 amide bonds. The van der Waals surface area contributed by atoms with E-state index in [9.17, 15) is 13.6 Å². The van der Waals surface area contributed by atoms with Crippen LogP contribution in [0.3, 0.4) is 0 Å². The molecule has 0 saturated heterocycles. The number of alkyl halides is 2. The van der Waals surface area contributed by atoms with Gasteiger partial charge in [0.2, 0.25) is 0 Å². The maximum absolute atomic E-state index is 13.1. The third kappa shape index (κ3) is 1.24. The van der Waals surface area contributed by atoms with E-state index in [0.717, 1.165) is 0 Å². The van der Waals surface area contributed by atoms with Crippen LogP contribution >= 0.6 is 0 Å². The summed E-state index contributed by atoms with van der Waals surface area (Å²) in [5.41, 5.74) is 1.16. The van der Waals surface area contributed by atoms with Crippen molar-refractivity contribution in [2.75, 3.05) is 0 Å². The Labute approximate surface area is 74.4 Å². The average molecular weight is 182 g/mol. The number of hydrogen-bond acceptors (Lipinski definition) is 1. The van der Waals surface area contributed by atoms with Gasteiger partial charge in [-0.3, -0.25) is 4.79 Å². The molecule has 0 aliphatic heterocycles. The molecular formula is C10H8F2O. The van der Waals surface area contributed by atoms with Gasteiger partial charge in [0.05, 0.1) is 0 Å². The van der Waals surface area contributed by atoms with Gasteiger partial charge in [-0.05, 0) is 18.1 Å². The van der Waals surface area contributed by atoms with Crippen LogP contribution in [0.1, 0.15) is 27.9 Å². The molecule has 2 rings (SSSR count). The molecule has 0 bridgehead atoms. The van der Waals surface area contributed by atoms with Crippen LogP contribution in [-0.4, -0.2) is 6.29 Å². The van der Waals surface area contributed by atoms with Gasteiger partial charge >= 0.3 is 0 Å². The van der Waals surface area contributed by atoms with Gasteiger partial charge in [0, 0.05) is 17.5 Å². The molecule has 0 atom stereocenters. The third-order valence-electron chi connectivity index (χ3n) is 2.37. The lowest BCUT2D eigenvalue weighted by molar-refractivity contribution is -0.00184. The Bertz CT molecular complexity index is 358. The lowest BCUT2D eigenvalue weighted by Gasteiger charge is -2.09. The molecule has 1 aromatic rings. The number of benzene rings is 1. The summed E-state index contributed by atoms with van der Waals surface area (Å²) in [6.07, 6.45) is 0.908. The summed E-state index contributed by atoms with van der Waals surface area (Å²) < 4.78 is 26.2. The van der Waals surface area contributed by atoms with Crippen LogP contribution in [0, 0.1) is 0 Å². The highest BCUT2D eigenvalue weighted by atomic mass is 19.3. The lowest BCUT2D eigenvalue weighted by atomic mass is 10.1. The van der Waals surface area contributed by atoms with Gasteiger partial charge in [-0.15, -0.1) is 0 Å². The van der Waals surface area contributed by atoms with Gasteiger partial charge in [-0.1, -0.05) is 12.1 Å². The standard InChI is InChI=1S/C10H8F2O/c11-10(12)4-3-8-5-7(6-13)1-2-9(8)10/h1-2,5-6H,3-4H2. The molecule has 0 fully saturated rings. The third-order valence-corrected chi connectivity index (χ3v) is 2.37. The first-order valence-corrected chi connectivity index (χ1v) is 4.10. The Morgan fingerprint density at radius 1 is 1.38 bits per heavy atom. The van der Waals surface area contributed by atoms with E-state index in [0.29, 0.717) is 23.8 Å². The largest absolute Gasteiger partial charge is 0.298 e. The normalized spacial score (nSPS) is 18.3. The summed E-state index contributed by atoms with van der Waals surface area (Å²) >= 11 is 0. The van der Waals surface area contributed by atoms with Gasteiger partial charge < -0.3 is 0 Å². The number of aldehydes is 1. The minimum atomic E-state index is -2.70. The average Bonchev–Trinajstić information content (AvgIpc) is 2.42. The zero-order chi connectivity index (χ0) is 9.47. The molecule has 0 N–H and O–H groups in total. The second-order valence-corrected chi connectivity index (χ2v) is 3.24. The van der Waals surface area contributed by atoms with E-state index in [1.165, 1.54) is 12.1 Å². The van der Waals surface area contributed by atoms with Crippen molar-refractivity contribution in [2.45, 2.75) is 18.8 Å². The zero-order valence-electron chi connectivity index (χ0n) is 6.89. The summed E-state index contributed by atoms with van der Waals surface area (Å²) in [6.45, 7) is 0. The molecule has 1 aliphatic rings. The maximum Gasteiger partial charge on any atom is 0.273 e. The predicted molar refractivity (Wildman–Crippen MR) is 44.0 cm³/mol. The summed E-state index contributed by atoms with van der Waals surface area (Å²) in [7, 11) is 0. The van der Waals surface area contributed by atoms with E-state index in [1.54, 1.807) is 6.07 Å². The number of rotatable bonds is 1. The van der Waals surface area contributed by atoms with Crippen molar-refractivity contribution in [3.63, 3.8) is 0 Å². The van der Waals surface area contributed by atoms with Crippen LogP contribution in [0.2, 0.25) is 0 Å². The van der Waals surface area contributed by atoms with Gasteiger partial charge in [0.15, 0.2) is 0 Å². The zero-order valence-corrected chi connectivity index (χ0v) is 6.89. The van der Waals surface area contributed by atoms with Crippen LogP contribution in [0.25, 0.3) is 0 Å². The first-order valence-electron chi connectivity index (χ1n) is 4.10. The molecule has 0 radical (unpaired) electrons. The van der Waals surface area contributed by atoms with Crippen LogP contribution in [0.4, 0.5) is 8.78 Å². The molecule has 1 aliphatic carbocycles. The van der Waals surface area contributed by atoms with Crippen molar-refractivity contribution in [3.05, 3.63) is 34.9 Å². The van der Waals surface area contributed by atoms with Crippen molar-refractivity contribution in [1.82, 2.24) is 0 Å². The number of fused-ring (bicyclic) bond motifs is 1. The van der Waals surface area contributed by atoms with Gasteiger partial charge in [-0.2, -0.15) is 0 Å². The molecule has 0 unspecified atom stereocenters. The first-order chi connectivity index (χ1) is 6.13. The maximum atomic E-state index is 13.1. The second-order valence-electron chi connectivity index (χ2n) is 3.24. The quantitative estimate of drug-likeness (QED) is 0.610. The summed E-state index contributed by atoms with van der Waals surface area (Å²) in [4.78, 5) is 10.4. The van der Waals surface area contributed by atoms with Crippen LogP contribution in [0.15, 0.2) is 18.2 Å². The van der Waals surface area contributed by atoms with Crippen molar-refractivity contribution < 1.29 is 13.6 Å². The summed E-state index contributed by atoms with van der Waals surface area (Å²) in [6, 6.07) is 4.33. The Balaban J connectivity index is 2.52. The van der Waals surface area contributed by atoms with E-state index in [4.69, 9.17) is 0 Å².